The van der Waals surface area contributed by atoms with Crippen molar-refractivity contribution in [2.45, 2.75) is 26.7 Å². The van der Waals surface area contributed by atoms with Crippen LogP contribution in [-0.4, -0.2) is 0 Å². The van der Waals surface area contributed by atoms with Gasteiger partial charge < -0.3 is 0 Å². The predicted molar refractivity (Wildman–Crippen MR) is 36.3 cm³/mol. The van der Waals surface area contributed by atoms with Crippen molar-refractivity contribution < 1.29 is 0 Å². The normalized spacial score (nSPS) is 12.0. The third-order valence-electron chi connectivity index (χ3n) is 0.780. The van der Waals surface area contributed by atoms with Gasteiger partial charge in [0.2, 0.25) is 0 Å². The van der Waals surface area contributed by atoms with E-state index in [9.17, 15) is 0 Å². The molecule has 0 saturated carbocycles. The Balaban J connectivity index is 3.29. The molecule has 7 heavy (non-hydrogen) atoms. The first-order valence-corrected chi connectivity index (χ1v) is 3.08. The van der Waals surface area contributed by atoms with E-state index in [0.29, 0.717) is 0 Å². The summed E-state index contributed by atoms with van der Waals surface area (Å²) >= 11 is 4.90. The van der Waals surface area contributed by atoms with Crippen molar-refractivity contribution >= 4 is 12.6 Å². The molecule has 0 N–H and O–H groups in total. The lowest BCUT2D eigenvalue weighted by Gasteiger charge is -1.85. The molecule has 1 radical (unpaired) electrons. The van der Waals surface area contributed by atoms with E-state index in [1.807, 2.05) is 0 Å². The molecule has 0 heterocycles. The summed E-state index contributed by atoms with van der Waals surface area (Å²) in [5, 5.41) is 0. The molecule has 0 aromatic rings. The Bertz CT molecular complexity index is 64.6. The maximum Gasteiger partial charge on any atom is 0.0109 e. The first-order valence-electron chi connectivity index (χ1n) is 2.67. The highest BCUT2D eigenvalue weighted by Crippen LogP contribution is 2.04. The lowest BCUT2D eigenvalue weighted by Crippen LogP contribution is -1.63. The van der Waals surface area contributed by atoms with Gasteiger partial charge in [-0.3, -0.25) is 0 Å². The van der Waals surface area contributed by atoms with Crippen molar-refractivity contribution in [1.29, 1.82) is 0 Å². The first-order chi connectivity index (χ1) is 3.31. The van der Waals surface area contributed by atoms with Crippen LogP contribution in [0.4, 0.5) is 0 Å². The minimum Gasteiger partial charge on any atom is -0.0853 e. The molecule has 0 bridgehead atoms. The van der Waals surface area contributed by atoms with Crippen LogP contribution in [0.5, 0.6) is 0 Å². The van der Waals surface area contributed by atoms with E-state index in [1.54, 1.807) is 0 Å². The maximum atomic E-state index is 4.90. The highest BCUT2D eigenvalue weighted by Gasteiger charge is 1.79. The van der Waals surface area contributed by atoms with Crippen LogP contribution in [0.2, 0.25) is 0 Å². The summed E-state index contributed by atoms with van der Waals surface area (Å²) in [4.78, 5) is 1.09. The van der Waals surface area contributed by atoms with Crippen LogP contribution in [0.15, 0.2) is 11.0 Å². The molecular formula is C6H11S. The quantitative estimate of drug-likeness (QED) is 0.519. The molecule has 0 aromatic carbocycles. The van der Waals surface area contributed by atoms with Gasteiger partial charge in [0.1, 0.15) is 0 Å². The molecule has 0 saturated heterocycles. The Morgan fingerprint density at radius 2 is 2.14 bits per heavy atom. The predicted octanol–water partition coefficient (Wildman–Crippen LogP) is 2.89. The summed E-state index contributed by atoms with van der Waals surface area (Å²) in [6.07, 6.45) is 4.17. The summed E-state index contributed by atoms with van der Waals surface area (Å²) < 4.78 is 0. The average Bonchev–Trinajstić information content (AvgIpc) is 1.68. The highest BCUT2D eigenvalue weighted by molar-refractivity contribution is 7.84. The van der Waals surface area contributed by atoms with E-state index in [2.05, 4.69) is 19.9 Å². The van der Waals surface area contributed by atoms with Crippen LogP contribution in [0, 0.1) is 0 Å². The third kappa shape index (κ3) is 3.80. The van der Waals surface area contributed by atoms with Crippen molar-refractivity contribution in [1.82, 2.24) is 0 Å². The SMILES string of the molecule is CCC=C([S])CC. The van der Waals surface area contributed by atoms with Gasteiger partial charge >= 0.3 is 0 Å². The van der Waals surface area contributed by atoms with Crippen molar-refractivity contribution in [2.24, 2.45) is 0 Å². The standard InChI is InChI=1S/C6H11S/c1-3-5-6(7)4-2/h5H,3-4H2,1-2H3. The Hall–Kier alpha value is -0.0400. The molecule has 0 aromatic heterocycles. The number of hydrogen-bond acceptors (Lipinski definition) is 0. The van der Waals surface area contributed by atoms with Crippen LogP contribution in [0.25, 0.3) is 0 Å². The fourth-order valence-corrected chi connectivity index (χ4v) is 0.539. The summed E-state index contributed by atoms with van der Waals surface area (Å²) in [5.41, 5.74) is 0. The summed E-state index contributed by atoms with van der Waals surface area (Å²) in [5.74, 6) is 0. The van der Waals surface area contributed by atoms with Gasteiger partial charge in [-0.25, -0.2) is 0 Å². The Labute approximate surface area is 51.0 Å². The fourth-order valence-electron chi connectivity index (χ4n) is 0.372. The summed E-state index contributed by atoms with van der Waals surface area (Å²) in [6.45, 7) is 4.18. The topological polar surface area (TPSA) is 0 Å². The summed E-state index contributed by atoms with van der Waals surface area (Å²) in [6, 6.07) is 0. The zero-order chi connectivity index (χ0) is 5.70. The van der Waals surface area contributed by atoms with E-state index in [1.165, 1.54) is 0 Å². The number of rotatable bonds is 2. The van der Waals surface area contributed by atoms with Gasteiger partial charge in [0.05, 0.1) is 0 Å². The van der Waals surface area contributed by atoms with Crippen molar-refractivity contribution in [3.63, 3.8) is 0 Å². The lowest BCUT2D eigenvalue weighted by atomic mass is 10.3. The fraction of sp³-hybridized carbons (Fsp3) is 0.667. The molecule has 0 spiro atoms. The van der Waals surface area contributed by atoms with Crippen molar-refractivity contribution in [2.75, 3.05) is 0 Å². The van der Waals surface area contributed by atoms with E-state index >= 15 is 0 Å². The molecule has 41 valence electrons. The molecule has 0 rings (SSSR count). The van der Waals surface area contributed by atoms with Gasteiger partial charge in [0.15, 0.2) is 0 Å². The lowest BCUT2D eigenvalue weighted by molar-refractivity contribution is 1.14. The number of hydrogen-bond donors (Lipinski definition) is 0. The van der Waals surface area contributed by atoms with Gasteiger partial charge in [0, 0.05) is 4.91 Å². The first kappa shape index (κ1) is 6.96. The van der Waals surface area contributed by atoms with Crippen LogP contribution >= 0.6 is 12.6 Å². The molecular weight excluding hydrogens is 104 g/mol. The second kappa shape index (κ2) is 4.13. The Kier molecular flexibility index (Phi) is 4.10. The number of allylic oxidation sites excluding steroid dienone is 2. The molecule has 0 atom stereocenters. The Morgan fingerprint density at radius 1 is 1.57 bits per heavy atom. The van der Waals surface area contributed by atoms with Crippen LogP contribution in [0.1, 0.15) is 26.7 Å². The van der Waals surface area contributed by atoms with Crippen molar-refractivity contribution in [3.05, 3.63) is 11.0 Å². The minimum atomic E-state index is 1.02. The van der Waals surface area contributed by atoms with E-state index in [0.717, 1.165) is 17.7 Å². The molecule has 0 unspecified atom stereocenters. The van der Waals surface area contributed by atoms with E-state index in [4.69, 9.17) is 12.6 Å². The van der Waals surface area contributed by atoms with Crippen LogP contribution in [-0.2, 0) is 0 Å². The van der Waals surface area contributed by atoms with Gasteiger partial charge in [-0.1, -0.05) is 32.6 Å². The zero-order valence-electron chi connectivity index (χ0n) is 4.90. The Morgan fingerprint density at radius 3 is 2.29 bits per heavy atom. The van der Waals surface area contributed by atoms with E-state index < -0.39 is 0 Å². The minimum absolute atomic E-state index is 1.02. The monoisotopic (exact) mass is 115 g/mol. The van der Waals surface area contributed by atoms with Gasteiger partial charge in [-0.05, 0) is 12.8 Å². The van der Waals surface area contributed by atoms with Gasteiger partial charge in [-0.2, -0.15) is 0 Å². The second-order valence-electron chi connectivity index (χ2n) is 1.43. The third-order valence-corrected chi connectivity index (χ3v) is 1.24. The molecule has 0 aliphatic carbocycles. The van der Waals surface area contributed by atoms with Crippen LogP contribution < -0.4 is 0 Å². The molecule has 0 nitrogen and oxygen atoms in total. The highest BCUT2D eigenvalue weighted by atomic mass is 32.1. The molecule has 0 aliphatic heterocycles. The largest absolute Gasteiger partial charge is 0.0853 e. The van der Waals surface area contributed by atoms with Crippen LogP contribution in [0.3, 0.4) is 0 Å². The second-order valence-corrected chi connectivity index (χ2v) is 1.96. The van der Waals surface area contributed by atoms with Gasteiger partial charge in [-0.15, -0.1) is 0 Å². The smallest absolute Gasteiger partial charge is 0.0109 e. The molecule has 0 amide bonds. The molecule has 0 aliphatic rings. The van der Waals surface area contributed by atoms with Crippen molar-refractivity contribution in [3.8, 4) is 0 Å². The molecule has 0 fully saturated rings. The van der Waals surface area contributed by atoms with E-state index in [-0.39, 0.29) is 0 Å². The zero-order valence-corrected chi connectivity index (χ0v) is 5.72. The van der Waals surface area contributed by atoms with Gasteiger partial charge in [0.25, 0.3) is 0 Å². The summed E-state index contributed by atoms with van der Waals surface area (Å²) in [7, 11) is 0. The maximum absolute atomic E-state index is 4.90. The average molecular weight is 115 g/mol. The molecule has 1 heteroatoms.